The summed E-state index contributed by atoms with van der Waals surface area (Å²) >= 11 is 1.72. The maximum absolute atomic E-state index is 12.5. The number of nitrogens with zero attached hydrogens (tertiary/aromatic N) is 2. The molecule has 2 aromatic carbocycles. The third-order valence-corrected chi connectivity index (χ3v) is 6.02. The minimum Gasteiger partial charge on any atom is -0.354 e. The number of amides is 1. The van der Waals surface area contributed by atoms with E-state index in [0.29, 0.717) is 18.0 Å². The first kappa shape index (κ1) is 19.0. The van der Waals surface area contributed by atoms with Crippen molar-refractivity contribution in [2.24, 2.45) is 10.9 Å². The molecule has 2 N–H and O–H groups in total. The number of carbonyl (C=O) groups excluding carboxylic acids is 1. The van der Waals surface area contributed by atoms with Crippen LogP contribution in [0.25, 0.3) is 0 Å². The van der Waals surface area contributed by atoms with E-state index in [1.54, 1.807) is 11.8 Å². The van der Waals surface area contributed by atoms with Crippen molar-refractivity contribution >= 4 is 29.2 Å². The van der Waals surface area contributed by atoms with Crippen LogP contribution in [0.4, 0.5) is 5.69 Å². The third-order valence-electron chi connectivity index (χ3n) is 4.88. The number of amidine groups is 1. The van der Waals surface area contributed by atoms with E-state index >= 15 is 0 Å². The molecule has 2 aromatic rings. The van der Waals surface area contributed by atoms with Gasteiger partial charge in [-0.2, -0.15) is 0 Å². The molecule has 0 unspecified atom stereocenters. The normalized spacial score (nSPS) is 16.1. The van der Waals surface area contributed by atoms with E-state index in [2.05, 4.69) is 53.6 Å². The first-order valence-electron chi connectivity index (χ1n) is 9.85. The number of hydrogen-bond donors (Lipinski definition) is 2. The predicted molar refractivity (Wildman–Crippen MR) is 115 cm³/mol. The molecule has 1 amide bonds. The molecule has 0 atom stereocenters. The van der Waals surface area contributed by atoms with Crippen molar-refractivity contribution in [1.82, 2.24) is 15.5 Å². The number of hydrogen-bond acceptors (Lipinski definition) is 5. The summed E-state index contributed by atoms with van der Waals surface area (Å²) in [6.07, 6.45) is 0. The molecule has 0 aliphatic carbocycles. The summed E-state index contributed by atoms with van der Waals surface area (Å²) in [4.78, 5) is 22.2. The molecule has 28 heavy (non-hydrogen) atoms. The van der Waals surface area contributed by atoms with Crippen LogP contribution >= 0.6 is 11.8 Å². The second-order valence-corrected chi connectivity index (χ2v) is 8.64. The highest BCUT2D eigenvalue weighted by molar-refractivity contribution is 7.99. The molecule has 2 aliphatic heterocycles. The first-order valence-corrected chi connectivity index (χ1v) is 10.7. The van der Waals surface area contributed by atoms with Crippen LogP contribution in [-0.2, 0) is 0 Å². The first-order chi connectivity index (χ1) is 13.6. The number of fused-ring (bicyclic) bond motifs is 2. The quantitative estimate of drug-likeness (QED) is 0.836. The molecule has 2 aliphatic rings. The Labute approximate surface area is 170 Å². The molecule has 1 fully saturated rings. The Kier molecular flexibility index (Phi) is 5.69. The smallest absolute Gasteiger partial charge is 0.251 e. The molecule has 0 aromatic heterocycles. The lowest BCUT2D eigenvalue weighted by atomic mass is 10.1. The lowest BCUT2D eigenvalue weighted by molar-refractivity contribution is 0.0949. The highest BCUT2D eigenvalue weighted by atomic mass is 32.2. The van der Waals surface area contributed by atoms with Crippen LogP contribution in [0.1, 0.15) is 29.8 Å². The van der Waals surface area contributed by atoms with Gasteiger partial charge in [-0.3, -0.25) is 4.79 Å². The van der Waals surface area contributed by atoms with Crippen molar-refractivity contribution in [3.05, 3.63) is 53.6 Å². The van der Waals surface area contributed by atoms with Crippen molar-refractivity contribution in [2.45, 2.75) is 23.6 Å². The molecule has 4 rings (SSSR count). The van der Waals surface area contributed by atoms with Crippen LogP contribution in [0.3, 0.4) is 0 Å². The van der Waals surface area contributed by atoms with Crippen molar-refractivity contribution < 1.29 is 4.79 Å². The SMILES string of the molecule is CC(C)CNC(=O)c1ccc2c(c1)N=C(N1CCNCC1)c1ccccc1S2. The molecular weight excluding hydrogens is 368 g/mol. The third kappa shape index (κ3) is 4.08. The molecule has 0 saturated carbocycles. The van der Waals surface area contributed by atoms with Gasteiger partial charge in [0.1, 0.15) is 5.84 Å². The van der Waals surface area contributed by atoms with Crippen molar-refractivity contribution in [3.8, 4) is 0 Å². The molecule has 5 nitrogen and oxygen atoms in total. The van der Waals surface area contributed by atoms with Crippen LogP contribution in [0.15, 0.2) is 57.2 Å². The van der Waals surface area contributed by atoms with Gasteiger partial charge in [-0.05, 0) is 30.2 Å². The average Bonchev–Trinajstić information content (AvgIpc) is 2.88. The lowest BCUT2D eigenvalue weighted by Crippen LogP contribution is -2.46. The number of carbonyl (C=O) groups is 1. The molecular formula is C22H26N4OS. The van der Waals surface area contributed by atoms with Gasteiger partial charge in [-0.25, -0.2) is 4.99 Å². The molecule has 6 heteroatoms. The Morgan fingerprint density at radius 1 is 1.18 bits per heavy atom. The Morgan fingerprint density at radius 2 is 1.96 bits per heavy atom. The standard InChI is InChI=1S/C22H26N4OS/c1-15(2)14-24-22(27)16-7-8-20-18(13-16)25-21(26-11-9-23-10-12-26)17-5-3-4-6-19(17)28-20/h3-8,13,15,23H,9-12,14H2,1-2H3,(H,24,27). The van der Waals surface area contributed by atoms with Gasteiger partial charge in [-0.15, -0.1) is 0 Å². The van der Waals surface area contributed by atoms with Gasteiger partial charge < -0.3 is 15.5 Å². The predicted octanol–water partition coefficient (Wildman–Crippen LogP) is 3.52. The molecule has 2 heterocycles. The van der Waals surface area contributed by atoms with Crippen LogP contribution in [0.5, 0.6) is 0 Å². The highest BCUT2D eigenvalue weighted by Gasteiger charge is 2.23. The Morgan fingerprint density at radius 3 is 2.75 bits per heavy atom. The van der Waals surface area contributed by atoms with Gasteiger partial charge in [0, 0.05) is 53.6 Å². The summed E-state index contributed by atoms with van der Waals surface area (Å²) in [5.74, 6) is 1.39. The Balaban J connectivity index is 1.72. The number of aliphatic imine (C=N–C) groups is 1. The second-order valence-electron chi connectivity index (χ2n) is 7.56. The monoisotopic (exact) mass is 394 g/mol. The van der Waals surface area contributed by atoms with Crippen LogP contribution in [-0.4, -0.2) is 49.4 Å². The van der Waals surface area contributed by atoms with E-state index in [0.717, 1.165) is 48.2 Å². The minimum absolute atomic E-state index is 0.0396. The molecule has 0 bridgehead atoms. The average molecular weight is 395 g/mol. The fourth-order valence-corrected chi connectivity index (χ4v) is 4.38. The van der Waals surface area contributed by atoms with E-state index in [1.165, 1.54) is 4.90 Å². The Hall–Kier alpha value is -2.31. The Bertz CT molecular complexity index is 903. The van der Waals surface area contributed by atoms with Crippen molar-refractivity contribution in [1.29, 1.82) is 0 Å². The van der Waals surface area contributed by atoms with Crippen LogP contribution < -0.4 is 10.6 Å². The molecule has 146 valence electrons. The van der Waals surface area contributed by atoms with Gasteiger partial charge in [0.05, 0.1) is 5.69 Å². The molecule has 0 radical (unpaired) electrons. The van der Waals surface area contributed by atoms with E-state index < -0.39 is 0 Å². The second kappa shape index (κ2) is 8.37. The van der Waals surface area contributed by atoms with Crippen LogP contribution in [0, 0.1) is 5.92 Å². The zero-order valence-corrected chi connectivity index (χ0v) is 17.2. The van der Waals surface area contributed by atoms with E-state index in [1.807, 2.05) is 18.2 Å². The zero-order valence-electron chi connectivity index (χ0n) is 16.4. The fourth-order valence-electron chi connectivity index (χ4n) is 3.38. The summed E-state index contributed by atoms with van der Waals surface area (Å²) in [6.45, 7) is 8.64. The topological polar surface area (TPSA) is 56.7 Å². The van der Waals surface area contributed by atoms with E-state index in [9.17, 15) is 4.79 Å². The van der Waals surface area contributed by atoms with Crippen molar-refractivity contribution in [2.75, 3.05) is 32.7 Å². The summed E-state index contributed by atoms with van der Waals surface area (Å²) in [5, 5.41) is 6.40. The number of nitrogens with one attached hydrogen (secondary N) is 2. The maximum Gasteiger partial charge on any atom is 0.251 e. The van der Waals surface area contributed by atoms with Crippen molar-refractivity contribution in [3.63, 3.8) is 0 Å². The van der Waals surface area contributed by atoms with E-state index in [-0.39, 0.29) is 5.91 Å². The van der Waals surface area contributed by atoms with Crippen LogP contribution in [0.2, 0.25) is 0 Å². The van der Waals surface area contributed by atoms with Gasteiger partial charge in [0.15, 0.2) is 0 Å². The van der Waals surface area contributed by atoms with Gasteiger partial charge >= 0.3 is 0 Å². The summed E-state index contributed by atoms with van der Waals surface area (Å²) in [5.41, 5.74) is 2.69. The maximum atomic E-state index is 12.5. The minimum atomic E-state index is -0.0396. The summed E-state index contributed by atoms with van der Waals surface area (Å²) < 4.78 is 0. The number of benzene rings is 2. The summed E-state index contributed by atoms with van der Waals surface area (Å²) in [6, 6.07) is 14.3. The number of piperazine rings is 1. The van der Waals surface area contributed by atoms with Gasteiger partial charge in [0.2, 0.25) is 0 Å². The van der Waals surface area contributed by atoms with Gasteiger partial charge in [0.25, 0.3) is 5.91 Å². The molecule has 1 saturated heterocycles. The van der Waals surface area contributed by atoms with Gasteiger partial charge in [-0.1, -0.05) is 43.8 Å². The lowest BCUT2D eigenvalue weighted by Gasteiger charge is -2.30. The molecule has 0 spiro atoms. The zero-order chi connectivity index (χ0) is 19.5. The highest BCUT2D eigenvalue weighted by Crippen LogP contribution is 2.41. The number of rotatable bonds is 3. The summed E-state index contributed by atoms with van der Waals surface area (Å²) in [7, 11) is 0. The largest absolute Gasteiger partial charge is 0.354 e. The fraction of sp³-hybridized carbons (Fsp3) is 0.364. The van der Waals surface area contributed by atoms with E-state index in [4.69, 9.17) is 4.99 Å².